The average Bonchev–Trinajstić information content (AvgIpc) is 3.09. The Bertz CT molecular complexity index is 687. The van der Waals surface area contributed by atoms with Gasteiger partial charge >= 0.3 is 5.97 Å². The zero-order valence-electron chi connectivity index (χ0n) is 13.1. The number of nitrogens with one attached hydrogen (secondary N) is 2. The SMILES string of the molecule is O=C(O)[C@H]1CC2(CCNCC2)CN1Cc1nc2ccccc2[nH]1. The molecule has 2 aliphatic rings. The summed E-state index contributed by atoms with van der Waals surface area (Å²) in [6.07, 6.45) is 2.88. The first-order valence-electron chi connectivity index (χ1n) is 8.26. The normalized spacial score (nSPS) is 24.4. The fraction of sp³-hybridized carbons (Fsp3) is 0.529. The molecule has 0 aliphatic carbocycles. The Kier molecular flexibility index (Phi) is 3.58. The van der Waals surface area contributed by atoms with Crippen LogP contribution in [0.1, 0.15) is 25.1 Å². The van der Waals surface area contributed by atoms with Crippen LogP contribution < -0.4 is 5.32 Å². The number of imidazole rings is 1. The van der Waals surface area contributed by atoms with Crippen LogP contribution in [0.5, 0.6) is 0 Å². The Morgan fingerprint density at radius 2 is 2.13 bits per heavy atom. The molecule has 0 amide bonds. The third kappa shape index (κ3) is 2.72. The molecular formula is C17H22N4O2. The molecule has 6 nitrogen and oxygen atoms in total. The number of nitrogens with zero attached hydrogens (tertiary/aromatic N) is 2. The summed E-state index contributed by atoms with van der Waals surface area (Å²) >= 11 is 0. The van der Waals surface area contributed by atoms with E-state index in [2.05, 4.69) is 20.2 Å². The summed E-state index contributed by atoms with van der Waals surface area (Å²) in [5, 5.41) is 13.0. The number of hydrogen-bond donors (Lipinski definition) is 3. The molecule has 2 fully saturated rings. The smallest absolute Gasteiger partial charge is 0.320 e. The van der Waals surface area contributed by atoms with Crippen molar-refractivity contribution >= 4 is 17.0 Å². The van der Waals surface area contributed by atoms with Crippen molar-refractivity contribution in [3.63, 3.8) is 0 Å². The molecule has 2 saturated heterocycles. The van der Waals surface area contributed by atoms with Crippen molar-refractivity contribution in [2.75, 3.05) is 19.6 Å². The van der Waals surface area contributed by atoms with E-state index in [0.29, 0.717) is 6.54 Å². The first-order chi connectivity index (χ1) is 11.2. The molecule has 122 valence electrons. The molecule has 1 spiro atoms. The van der Waals surface area contributed by atoms with Gasteiger partial charge in [0, 0.05) is 6.54 Å². The molecule has 1 atom stereocenters. The van der Waals surface area contributed by atoms with Gasteiger partial charge in [-0.25, -0.2) is 4.98 Å². The summed E-state index contributed by atoms with van der Waals surface area (Å²) in [5.74, 6) is 0.139. The summed E-state index contributed by atoms with van der Waals surface area (Å²) in [5.41, 5.74) is 2.09. The Labute approximate surface area is 134 Å². The minimum atomic E-state index is -0.712. The number of piperidine rings is 1. The quantitative estimate of drug-likeness (QED) is 0.801. The van der Waals surface area contributed by atoms with Gasteiger partial charge in [-0.1, -0.05) is 12.1 Å². The molecule has 0 unspecified atom stereocenters. The van der Waals surface area contributed by atoms with E-state index >= 15 is 0 Å². The van der Waals surface area contributed by atoms with Crippen LogP contribution in [0, 0.1) is 5.41 Å². The van der Waals surface area contributed by atoms with Crippen molar-refractivity contribution in [1.82, 2.24) is 20.2 Å². The predicted octanol–water partition coefficient (Wildman–Crippen LogP) is 1.59. The first kappa shape index (κ1) is 14.7. The molecule has 6 heteroatoms. The topological polar surface area (TPSA) is 81.2 Å². The highest BCUT2D eigenvalue weighted by atomic mass is 16.4. The Hall–Kier alpha value is -1.92. The fourth-order valence-electron chi connectivity index (χ4n) is 4.15. The number of rotatable bonds is 3. The van der Waals surface area contributed by atoms with Gasteiger partial charge in [-0.3, -0.25) is 9.69 Å². The number of carbonyl (C=O) groups is 1. The highest BCUT2D eigenvalue weighted by molar-refractivity contribution is 5.75. The van der Waals surface area contributed by atoms with Crippen molar-refractivity contribution in [2.45, 2.75) is 31.8 Å². The number of likely N-dealkylation sites (tertiary alicyclic amines) is 1. The van der Waals surface area contributed by atoms with Gasteiger partial charge in [0.2, 0.25) is 0 Å². The van der Waals surface area contributed by atoms with Crippen molar-refractivity contribution in [1.29, 1.82) is 0 Å². The third-order valence-corrected chi connectivity index (χ3v) is 5.35. The molecule has 1 aromatic heterocycles. The van der Waals surface area contributed by atoms with Gasteiger partial charge in [-0.15, -0.1) is 0 Å². The third-order valence-electron chi connectivity index (χ3n) is 5.35. The van der Waals surface area contributed by atoms with Crippen molar-refractivity contribution < 1.29 is 9.90 Å². The summed E-state index contributed by atoms with van der Waals surface area (Å²) in [6, 6.07) is 7.51. The van der Waals surface area contributed by atoms with Crippen LogP contribution in [0.2, 0.25) is 0 Å². The average molecular weight is 314 g/mol. The van der Waals surface area contributed by atoms with E-state index in [9.17, 15) is 9.90 Å². The van der Waals surface area contributed by atoms with Crippen molar-refractivity contribution in [2.24, 2.45) is 5.41 Å². The number of para-hydroxylation sites is 2. The molecule has 3 N–H and O–H groups in total. The number of hydrogen-bond acceptors (Lipinski definition) is 4. The second-order valence-corrected chi connectivity index (χ2v) is 6.91. The van der Waals surface area contributed by atoms with E-state index < -0.39 is 12.0 Å². The maximum atomic E-state index is 11.7. The molecule has 23 heavy (non-hydrogen) atoms. The van der Waals surface area contributed by atoms with Gasteiger partial charge in [0.1, 0.15) is 11.9 Å². The van der Waals surface area contributed by atoms with E-state index in [1.807, 2.05) is 24.3 Å². The molecule has 0 radical (unpaired) electrons. The van der Waals surface area contributed by atoms with E-state index in [1.54, 1.807) is 0 Å². The van der Waals surface area contributed by atoms with E-state index in [0.717, 1.165) is 55.8 Å². The van der Waals surface area contributed by atoms with E-state index in [4.69, 9.17) is 0 Å². The van der Waals surface area contributed by atoms with E-state index in [-0.39, 0.29) is 5.41 Å². The Morgan fingerprint density at radius 1 is 1.35 bits per heavy atom. The number of carboxylic acid groups (broad SMARTS) is 1. The number of aromatic amines is 1. The minimum Gasteiger partial charge on any atom is -0.480 e. The predicted molar refractivity (Wildman–Crippen MR) is 87.1 cm³/mol. The minimum absolute atomic E-state index is 0.153. The van der Waals surface area contributed by atoms with Gasteiger partial charge in [0.25, 0.3) is 0 Å². The highest BCUT2D eigenvalue weighted by Gasteiger charge is 2.47. The molecular weight excluding hydrogens is 292 g/mol. The highest BCUT2D eigenvalue weighted by Crippen LogP contribution is 2.42. The van der Waals surface area contributed by atoms with Crippen LogP contribution in [0.4, 0.5) is 0 Å². The molecule has 0 bridgehead atoms. The summed E-state index contributed by atoms with van der Waals surface area (Å²) in [7, 11) is 0. The molecule has 3 heterocycles. The van der Waals surface area contributed by atoms with Gasteiger partial charge in [0.15, 0.2) is 0 Å². The summed E-state index contributed by atoms with van der Waals surface area (Å²) in [6.45, 7) is 3.40. The largest absolute Gasteiger partial charge is 0.480 e. The van der Waals surface area contributed by atoms with Crippen molar-refractivity contribution in [3.05, 3.63) is 30.1 Å². The van der Waals surface area contributed by atoms with Crippen LogP contribution in [0.15, 0.2) is 24.3 Å². The van der Waals surface area contributed by atoms with Crippen LogP contribution in [-0.4, -0.2) is 51.6 Å². The molecule has 1 aromatic carbocycles. The van der Waals surface area contributed by atoms with Crippen LogP contribution >= 0.6 is 0 Å². The maximum Gasteiger partial charge on any atom is 0.320 e. The second-order valence-electron chi connectivity index (χ2n) is 6.91. The zero-order valence-corrected chi connectivity index (χ0v) is 13.1. The lowest BCUT2D eigenvalue weighted by Crippen LogP contribution is -2.38. The van der Waals surface area contributed by atoms with E-state index in [1.165, 1.54) is 0 Å². The lowest BCUT2D eigenvalue weighted by atomic mass is 9.77. The lowest BCUT2D eigenvalue weighted by Gasteiger charge is -2.33. The summed E-state index contributed by atoms with van der Waals surface area (Å²) < 4.78 is 0. The number of benzene rings is 1. The Morgan fingerprint density at radius 3 is 2.87 bits per heavy atom. The summed E-state index contributed by atoms with van der Waals surface area (Å²) in [4.78, 5) is 21.7. The lowest BCUT2D eigenvalue weighted by molar-refractivity contribution is -0.142. The number of aliphatic carboxylic acids is 1. The fourth-order valence-corrected chi connectivity index (χ4v) is 4.15. The van der Waals surface area contributed by atoms with Gasteiger partial charge in [0.05, 0.1) is 17.6 Å². The van der Waals surface area contributed by atoms with Gasteiger partial charge in [-0.05, 0) is 49.9 Å². The molecule has 2 aromatic rings. The maximum absolute atomic E-state index is 11.7. The van der Waals surface area contributed by atoms with Gasteiger partial charge in [-0.2, -0.15) is 0 Å². The Balaban J connectivity index is 1.57. The molecule has 2 aliphatic heterocycles. The molecule has 0 saturated carbocycles. The van der Waals surface area contributed by atoms with Crippen LogP contribution in [0.3, 0.4) is 0 Å². The standard InChI is InChI=1S/C17H22N4O2/c22-16(23)14-9-17(5-7-18-8-6-17)11-21(14)10-15-19-12-3-1-2-4-13(12)20-15/h1-4,14,18H,5-11H2,(H,19,20)(H,22,23)/t14-/m1/s1. The van der Waals surface area contributed by atoms with Gasteiger partial charge < -0.3 is 15.4 Å². The second kappa shape index (κ2) is 5.62. The number of aromatic nitrogens is 2. The first-order valence-corrected chi connectivity index (χ1v) is 8.26. The number of carboxylic acids is 1. The monoisotopic (exact) mass is 314 g/mol. The van der Waals surface area contributed by atoms with Crippen molar-refractivity contribution in [3.8, 4) is 0 Å². The molecule has 4 rings (SSSR count). The van der Waals surface area contributed by atoms with Crippen LogP contribution in [0.25, 0.3) is 11.0 Å². The number of H-pyrrole nitrogens is 1. The number of fused-ring (bicyclic) bond motifs is 1. The zero-order chi connectivity index (χ0) is 15.9. The van der Waals surface area contributed by atoms with Crippen LogP contribution in [-0.2, 0) is 11.3 Å².